The van der Waals surface area contributed by atoms with Crippen LogP contribution in [0.3, 0.4) is 0 Å². The molecule has 4 rings (SSSR count). The molecule has 0 aliphatic heterocycles. The first-order valence-corrected chi connectivity index (χ1v) is 9.19. The summed E-state index contributed by atoms with van der Waals surface area (Å²) < 4.78 is 18.7. The number of H-pyrrole nitrogens is 1. The number of halogens is 1. The maximum absolute atomic E-state index is 13.6. The van der Waals surface area contributed by atoms with Gasteiger partial charge in [-0.25, -0.2) is 19.3 Å². The van der Waals surface area contributed by atoms with Gasteiger partial charge in [-0.3, -0.25) is 4.98 Å². The Morgan fingerprint density at radius 3 is 2.96 bits per heavy atom. The molecule has 0 aliphatic carbocycles. The van der Waals surface area contributed by atoms with Crippen LogP contribution in [0.2, 0.25) is 0 Å². The van der Waals surface area contributed by atoms with E-state index in [2.05, 4.69) is 31.3 Å². The molecule has 28 heavy (non-hydrogen) atoms. The predicted octanol–water partition coefficient (Wildman–Crippen LogP) is 3.27. The Hall–Kier alpha value is -3.13. The van der Waals surface area contributed by atoms with Crippen molar-refractivity contribution in [3.05, 3.63) is 54.0 Å². The number of hydrogen-bond acceptors (Lipinski definition) is 6. The highest BCUT2D eigenvalue weighted by Crippen LogP contribution is 2.20. The molecule has 0 spiro atoms. The van der Waals surface area contributed by atoms with E-state index in [-0.39, 0.29) is 5.82 Å². The Bertz CT molecular complexity index is 1100. The zero-order valence-electron chi connectivity index (χ0n) is 15.6. The summed E-state index contributed by atoms with van der Waals surface area (Å²) in [6, 6.07) is 6.81. The average Bonchev–Trinajstić information content (AvgIpc) is 3.18. The van der Waals surface area contributed by atoms with Crippen LogP contribution in [0, 0.1) is 5.82 Å². The smallest absolute Gasteiger partial charge is 0.182 e. The van der Waals surface area contributed by atoms with Crippen LogP contribution in [0.25, 0.3) is 22.1 Å². The van der Waals surface area contributed by atoms with Crippen LogP contribution in [0.5, 0.6) is 0 Å². The lowest BCUT2D eigenvalue weighted by atomic mass is 10.0. The number of aryl methyl sites for hydroxylation is 1. The second kappa shape index (κ2) is 8.26. The molecule has 0 amide bonds. The fraction of sp³-hybridized carbons (Fsp3) is 0.300. The van der Waals surface area contributed by atoms with Crippen molar-refractivity contribution in [3.8, 4) is 0 Å². The van der Waals surface area contributed by atoms with Crippen molar-refractivity contribution in [2.45, 2.75) is 19.3 Å². The van der Waals surface area contributed by atoms with Gasteiger partial charge in [0.15, 0.2) is 11.5 Å². The number of aromatic amines is 1. The first-order chi connectivity index (χ1) is 13.7. The van der Waals surface area contributed by atoms with E-state index in [1.165, 1.54) is 18.5 Å². The lowest BCUT2D eigenvalue weighted by molar-refractivity contribution is 0.195. The standard InChI is InChI=1S/C20H21FN6O/c1-28-8-2-3-16-14(9-13-4-5-15(21)10-17(13)27-16)6-7-22-19-18-20(24-11-23-18)26-12-25-19/h4-5,9-12H,2-3,6-8H2,1H3,(H2,22,23,24,25,26). The molecule has 0 aliphatic rings. The molecular formula is C20H21FN6O. The number of anilines is 1. The maximum atomic E-state index is 13.6. The predicted molar refractivity (Wildman–Crippen MR) is 106 cm³/mol. The van der Waals surface area contributed by atoms with Gasteiger partial charge in [-0.05, 0) is 43.0 Å². The second-order valence-corrected chi connectivity index (χ2v) is 6.53. The molecule has 0 saturated carbocycles. The SMILES string of the molecule is COCCCc1nc2cc(F)ccc2cc1CCNc1ncnc2nc[nH]c12. The van der Waals surface area contributed by atoms with Crippen molar-refractivity contribution in [1.29, 1.82) is 0 Å². The van der Waals surface area contributed by atoms with Gasteiger partial charge in [0, 0.05) is 37.4 Å². The molecule has 0 unspecified atom stereocenters. The quantitative estimate of drug-likeness (QED) is 0.456. The number of benzene rings is 1. The number of fused-ring (bicyclic) bond motifs is 2. The first kappa shape index (κ1) is 18.2. The van der Waals surface area contributed by atoms with Gasteiger partial charge >= 0.3 is 0 Å². The lowest BCUT2D eigenvalue weighted by Crippen LogP contribution is -2.10. The molecule has 144 valence electrons. The fourth-order valence-electron chi connectivity index (χ4n) is 3.26. The zero-order valence-corrected chi connectivity index (χ0v) is 15.6. The average molecular weight is 380 g/mol. The van der Waals surface area contributed by atoms with Crippen LogP contribution < -0.4 is 5.32 Å². The van der Waals surface area contributed by atoms with E-state index in [4.69, 9.17) is 9.72 Å². The Kier molecular flexibility index (Phi) is 5.38. The molecule has 7 nitrogen and oxygen atoms in total. The van der Waals surface area contributed by atoms with Crippen LogP contribution >= 0.6 is 0 Å². The van der Waals surface area contributed by atoms with Gasteiger partial charge in [-0.2, -0.15) is 0 Å². The molecule has 3 heterocycles. The van der Waals surface area contributed by atoms with Crippen molar-refractivity contribution >= 4 is 27.9 Å². The van der Waals surface area contributed by atoms with E-state index < -0.39 is 0 Å². The number of rotatable bonds is 8. The Balaban J connectivity index is 1.54. The van der Waals surface area contributed by atoms with Gasteiger partial charge in [-0.1, -0.05) is 0 Å². The second-order valence-electron chi connectivity index (χ2n) is 6.53. The zero-order chi connectivity index (χ0) is 19.3. The summed E-state index contributed by atoms with van der Waals surface area (Å²) in [6.07, 6.45) is 5.51. The van der Waals surface area contributed by atoms with Crippen molar-refractivity contribution in [1.82, 2.24) is 24.9 Å². The highest BCUT2D eigenvalue weighted by molar-refractivity contribution is 5.82. The molecule has 4 aromatic rings. The molecule has 3 aromatic heterocycles. The van der Waals surface area contributed by atoms with Crippen LogP contribution in [-0.2, 0) is 17.6 Å². The molecule has 0 atom stereocenters. The van der Waals surface area contributed by atoms with E-state index in [1.54, 1.807) is 19.5 Å². The van der Waals surface area contributed by atoms with Gasteiger partial charge in [0.2, 0.25) is 0 Å². The number of imidazole rings is 1. The summed E-state index contributed by atoms with van der Waals surface area (Å²) in [4.78, 5) is 20.3. The Morgan fingerprint density at radius 2 is 2.07 bits per heavy atom. The fourth-order valence-corrected chi connectivity index (χ4v) is 3.26. The molecule has 0 fully saturated rings. The topological polar surface area (TPSA) is 88.6 Å². The summed E-state index contributed by atoms with van der Waals surface area (Å²) >= 11 is 0. The minimum atomic E-state index is -0.274. The van der Waals surface area contributed by atoms with Gasteiger partial charge < -0.3 is 15.0 Å². The first-order valence-electron chi connectivity index (χ1n) is 9.19. The Morgan fingerprint density at radius 1 is 1.14 bits per heavy atom. The Labute approximate surface area is 161 Å². The van der Waals surface area contributed by atoms with E-state index in [0.29, 0.717) is 24.3 Å². The van der Waals surface area contributed by atoms with Crippen LogP contribution in [0.15, 0.2) is 36.9 Å². The van der Waals surface area contributed by atoms with E-state index in [9.17, 15) is 4.39 Å². The van der Waals surface area contributed by atoms with Gasteiger partial charge in [0.05, 0.1) is 11.8 Å². The van der Waals surface area contributed by atoms with Crippen molar-refractivity contribution in [2.24, 2.45) is 0 Å². The van der Waals surface area contributed by atoms with Gasteiger partial charge in [0.1, 0.15) is 17.7 Å². The molecule has 2 N–H and O–H groups in total. The third-order valence-electron chi connectivity index (χ3n) is 4.62. The number of nitrogens with zero attached hydrogens (tertiary/aromatic N) is 4. The summed E-state index contributed by atoms with van der Waals surface area (Å²) in [5.74, 6) is 0.448. The number of nitrogens with one attached hydrogen (secondary N) is 2. The number of methoxy groups -OCH3 is 1. The molecule has 0 bridgehead atoms. The highest BCUT2D eigenvalue weighted by Gasteiger charge is 2.10. The minimum absolute atomic E-state index is 0.274. The molecule has 8 heteroatoms. The summed E-state index contributed by atoms with van der Waals surface area (Å²) in [6.45, 7) is 1.34. The summed E-state index contributed by atoms with van der Waals surface area (Å²) in [7, 11) is 1.69. The molecule has 0 radical (unpaired) electrons. The van der Waals surface area contributed by atoms with Gasteiger partial charge in [-0.15, -0.1) is 0 Å². The van der Waals surface area contributed by atoms with Crippen LogP contribution in [-0.4, -0.2) is 45.2 Å². The monoisotopic (exact) mass is 380 g/mol. The lowest BCUT2D eigenvalue weighted by Gasteiger charge is -2.12. The third kappa shape index (κ3) is 3.91. The highest BCUT2D eigenvalue weighted by atomic mass is 19.1. The number of ether oxygens (including phenoxy) is 1. The molecular weight excluding hydrogens is 359 g/mol. The molecule has 1 aromatic carbocycles. The molecule has 0 saturated heterocycles. The third-order valence-corrected chi connectivity index (χ3v) is 4.62. The van der Waals surface area contributed by atoms with Crippen LogP contribution in [0.4, 0.5) is 10.2 Å². The van der Waals surface area contributed by atoms with Crippen molar-refractivity contribution < 1.29 is 9.13 Å². The summed E-state index contributed by atoms with van der Waals surface area (Å²) in [5, 5.41) is 4.27. The van der Waals surface area contributed by atoms with Crippen molar-refractivity contribution in [3.63, 3.8) is 0 Å². The maximum Gasteiger partial charge on any atom is 0.182 e. The normalized spacial score (nSPS) is 11.4. The van der Waals surface area contributed by atoms with E-state index in [1.807, 2.05) is 0 Å². The van der Waals surface area contributed by atoms with Gasteiger partial charge in [0.25, 0.3) is 0 Å². The minimum Gasteiger partial charge on any atom is -0.385 e. The number of hydrogen-bond donors (Lipinski definition) is 2. The van der Waals surface area contributed by atoms with E-state index >= 15 is 0 Å². The van der Waals surface area contributed by atoms with E-state index in [0.717, 1.165) is 47.2 Å². The van der Waals surface area contributed by atoms with Crippen molar-refractivity contribution in [2.75, 3.05) is 25.6 Å². The van der Waals surface area contributed by atoms with Crippen LogP contribution in [0.1, 0.15) is 17.7 Å². The number of aromatic nitrogens is 5. The summed E-state index contributed by atoms with van der Waals surface area (Å²) in [5.41, 5.74) is 4.21. The largest absolute Gasteiger partial charge is 0.385 e. The number of pyridine rings is 1.